The van der Waals surface area contributed by atoms with E-state index in [2.05, 4.69) is 24.2 Å². The molecule has 1 N–H and O–H groups in total. The minimum atomic E-state index is 0.782. The molecule has 0 aromatic rings. The number of rotatable bonds is 2. The molecule has 1 rings (SSSR count). The van der Waals surface area contributed by atoms with Crippen LogP contribution in [-0.4, -0.2) is 37.6 Å². The van der Waals surface area contributed by atoms with Gasteiger partial charge in [-0.3, -0.25) is 0 Å². The lowest BCUT2D eigenvalue weighted by atomic mass is 10.1. The first-order valence-corrected chi connectivity index (χ1v) is 4.75. The highest BCUT2D eigenvalue weighted by Gasteiger charge is 2.12. The van der Waals surface area contributed by atoms with E-state index in [9.17, 15) is 0 Å². The third kappa shape index (κ3) is 3.21. The Morgan fingerprint density at radius 2 is 2.18 bits per heavy atom. The summed E-state index contributed by atoms with van der Waals surface area (Å²) < 4.78 is 0. The largest absolute Gasteiger partial charge is 0.314 e. The van der Waals surface area contributed by atoms with Crippen LogP contribution in [0.3, 0.4) is 0 Å². The van der Waals surface area contributed by atoms with E-state index in [1.165, 1.54) is 32.4 Å². The van der Waals surface area contributed by atoms with Crippen molar-refractivity contribution < 1.29 is 0 Å². The van der Waals surface area contributed by atoms with Crippen LogP contribution in [0.5, 0.6) is 0 Å². The lowest BCUT2D eigenvalue weighted by molar-refractivity contribution is 0.344. The van der Waals surface area contributed by atoms with Crippen molar-refractivity contribution in [1.29, 1.82) is 0 Å². The summed E-state index contributed by atoms with van der Waals surface area (Å²) in [5.41, 5.74) is 0. The van der Waals surface area contributed by atoms with E-state index < -0.39 is 0 Å². The molecule has 0 amide bonds. The standard InChI is InChI=1S/C9H20N2/c1-3-10-9-5-4-7-11(2)8-6-9/h9-10H,3-8H2,1-2H3. The van der Waals surface area contributed by atoms with Crippen LogP contribution < -0.4 is 5.32 Å². The fourth-order valence-electron chi connectivity index (χ4n) is 1.73. The Balaban J connectivity index is 2.22. The van der Waals surface area contributed by atoms with Crippen molar-refractivity contribution in [2.45, 2.75) is 32.2 Å². The number of hydrogen-bond donors (Lipinski definition) is 1. The molecule has 0 aliphatic carbocycles. The van der Waals surface area contributed by atoms with Crippen LogP contribution in [-0.2, 0) is 0 Å². The summed E-state index contributed by atoms with van der Waals surface area (Å²) in [6.45, 7) is 5.85. The van der Waals surface area contributed by atoms with Gasteiger partial charge in [0.05, 0.1) is 0 Å². The molecule has 1 aliphatic rings. The zero-order valence-corrected chi connectivity index (χ0v) is 7.77. The van der Waals surface area contributed by atoms with Gasteiger partial charge in [-0.05, 0) is 45.9 Å². The molecule has 1 atom stereocenters. The first kappa shape index (κ1) is 9.01. The molecule has 0 aromatic carbocycles. The zero-order chi connectivity index (χ0) is 8.10. The molecule has 0 spiro atoms. The summed E-state index contributed by atoms with van der Waals surface area (Å²) in [6.07, 6.45) is 4.04. The van der Waals surface area contributed by atoms with Gasteiger partial charge >= 0.3 is 0 Å². The van der Waals surface area contributed by atoms with Crippen molar-refractivity contribution in [1.82, 2.24) is 10.2 Å². The van der Waals surface area contributed by atoms with E-state index in [-0.39, 0.29) is 0 Å². The van der Waals surface area contributed by atoms with Gasteiger partial charge in [0.2, 0.25) is 0 Å². The van der Waals surface area contributed by atoms with E-state index >= 15 is 0 Å². The molecule has 1 heterocycles. The summed E-state index contributed by atoms with van der Waals surface area (Å²) in [4.78, 5) is 2.43. The Morgan fingerprint density at radius 3 is 2.91 bits per heavy atom. The van der Waals surface area contributed by atoms with Crippen molar-refractivity contribution in [2.75, 3.05) is 26.7 Å². The molecule has 66 valence electrons. The summed E-state index contributed by atoms with van der Waals surface area (Å²) in [7, 11) is 2.22. The van der Waals surface area contributed by atoms with Gasteiger partial charge in [-0.15, -0.1) is 0 Å². The normalized spacial score (nSPS) is 28.4. The first-order chi connectivity index (χ1) is 5.33. The predicted octanol–water partition coefficient (Wildman–Crippen LogP) is 1.08. The smallest absolute Gasteiger partial charge is 0.00795 e. The lowest BCUT2D eigenvalue weighted by Crippen LogP contribution is -2.29. The van der Waals surface area contributed by atoms with Crippen LogP contribution in [0, 0.1) is 0 Å². The molecular weight excluding hydrogens is 136 g/mol. The van der Waals surface area contributed by atoms with Gasteiger partial charge in [0.1, 0.15) is 0 Å². The molecule has 0 bridgehead atoms. The Hall–Kier alpha value is -0.0800. The Bertz CT molecular complexity index is 104. The van der Waals surface area contributed by atoms with Gasteiger partial charge in [-0.1, -0.05) is 6.92 Å². The average Bonchev–Trinajstić information content (AvgIpc) is 2.17. The Labute approximate surface area is 70.0 Å². The maximum Gasteiger partial charge on any atom is 0.00795 e. The fraction of sp³-hybridized carbons (Fsp3) is 1.00. The van der Waals surface area contributed by atoms with Crippen LogP contribution in [0.25, 0.3) is 0 Å². The number of nitrogens with one attached hydrogen (secondary N) is 1. The van der Waals surface area contributed by atoms with Crippen LogP contribution in [0.2, 0.25) is 0 Å². The van der Waals surface area contributed by atoms with Crippen LogP contribution in [0.4, 0.5) is 0 Å². The topological polar surface area (TPSA) is 15.3 Å². The van der Waals surface area contributed by atoms with Crippen molar-refractivity contribution in [2.24, 2.45) is 0 Å². The highest BCUT2D eigenvalue weighted by Crippen LogP contribution is 2.08. The summed E-state index contributed by atoms with van der Waals surface area (Å²) in [5.74, 6) is 0. The van der Waals surface area contributed by atoms with Gasteiger partial charge in [0, 0.05) is 6.04 Å². The fourth-order valence-corrected chi connectivity index (χ4v) is 1.73. The minimum Gasteiger partial charge on any atom is -0.314 e. The Kier molecular flexibility index (Phi) is 3.87. The molecule has 11 heavy (non-hydrogen) atoms. The van der Waals surface area contributed by atoms with E-state index in [1.807, 2.05) is 0 Å². The van der Waals surface area contributed by atoms with E-state index in [4.69, 9.17) is 0 Å². The maximum atomic E-state index is 3.52. The van der Waals surface area contributed by atoms with Crippen molar-refractivity contribution in [3.8, 4) is 0 Å². The monoisotopic (exact) mass is 156 g/mol. The first-order valence-electron chi connectivity index (χ1n) is 4.75. The minimum absolute atomic E-state index is 0.782. The second kappa shape index (κ2) is 4.73. The maximum absolute atomic E-state index is 3.52. The molecular formula is C9H20N2. The quantitative estimate of drug-likeness (QED) is 0.643. The Morgan fingerprint density at radius 1 is 1.36 bits per heavy atom. The van der Waals surface area contributed by atoms with Crippen molar-refractivity contribution in [3.05, 3.63) is 0 Å². The van der Waals surface area contributed by atoms with Gasteiger partial charge < -0.3 is 10.2 Å². The predicted molar refractivity (Wildman–Crippen MR) is 48.8 cm³/mol. The molecule has 1 aliphatic heterocycles. The van der Waals surface area contributed by atoms with Crippen molar-refractivity contribution in [3.63, 3.8) is 0 Å². The van der Waals surface area contributed by atoms with Gasteiger partial charge in [0.15, 0.2) is 0 Å². The highest BCUT2D eigenvalue weighted by molar-refractivity contribution is 4.72. The van der Waals surface area contributed by atoms with Gasteiger partial charge in [-0.25, -0.2) is 0 Å². The molecule has 2 nitrogen and oxygen atoms in total. The summed E-state index contributed by atoms with van der Waals surface area (Å²) in [6, 6.07) is 0.782. The number of hydrogen-bond acceptors (Lipinski definition) is 2. The molecule has 1 saturated heterocycles. The van der Waals surface area contributed by atoms with Gasteiger partial charge in [0.25, 0.3) is 0 Å². The highest BCUT2D eigenvalue weighted by atomic mass is 15.1. The third-order valence-electron chi connectivity index (χ3n) is 2.44. The van der Waals surface area contributed by atoms with Crippen LogP contribution >= 0.6 is 0 Å². The third-order valence-corrected chi connectivity index (χ3v) is 2.44. The van der Waals surface area contributed by atoms with Crippen LogP contribution in [0.15, 0.2) is 0 Å². The second-order valence-electron chi connectivity index (χ2n) is 3.49. The van der Waals surface area contributed by atoms with Crippen LogP contribution in [0.1, 0.15) is 26.2 Å². The van der Waals surface area contributed by atoms with E-state index in [0.29, 0.717) is 0 Å². The van der Waals surface area contributed by atoms with E-state index in [0.717, 1.165) is 12.6 Å². The number of nitrogens with zero attached hydrogens (tertiary/aromatic N) is 1. The number of likely N-dealkylation sites (tertiary alicyclic amines) is 1. The molecule has 0 aromatic heterocycles. The molecule has 1 fully saturated rings. The molecule has 0 radical (unpaired) electrons. The van der Waals surface area contributed by atoms with Gasteiger partial charge in [-0.2, -0.15) is 0 Å². The van der Waals surface area contributed by atoms with Crippen molar-refractivity contribution >= 4 is 0 Å². The lowest BCUT2D eigenvalue weighted by Gasteiger charge is -2.15. The SMILES string of the molecule is CCNC1CCCN(C)CC1. The molecule has 0 saturated carbocycles. The molecule has 1 unspecified atom stereocenters. The molecule has 2 heteroatoms. The summed E-state index contributed by atoms with van der Waals surface area (Å²) in [5, 5.41) is 3.52. The summed E-state index contributed by atoms with van der Waals surface area (Å²) >= 11 is 0. The van der Waals surface area contributed by atoms with E-state index in [1.54, 1.807) is 0 Å². The average molecular weight is 156 g/mol. The zero-order valence-electron chi connectivity index (χ0n) is 7.77. The second-order valence-corrected chi connectivity index (χ2v) is 3.49.